The molecule has 0 saturated heterocycles. The van der Waals surface area contributed by atoms with Crippen LogP contribution in [-0.2, 0) is 14.3 Å². The second-order valence-electron chi connectivity index (χ2n) is 4.05. The van der Waals surface area contributed by atoms with Crippen LogP contribution in [-0.4, -0.2) is 25.3 Å². The van der Waals surface area contributed by atoms with E-state index in [0.717, 1.165) is 19.4 Å². The van der Waals surface area contributed by atoms with E-state index in [1.54, 1.807) is 0 Å². The number of ether oxygens (including phenoxy) is 2. The SMILES string of the molecule is CCOC(=O)C[C@@H]1CCCC[C@H]1OCC. The molecule has 0 unspecified atom stereocenters. The smallest absolute Gasteiger partial charge is 0.306 e. The van der Waals surface area contributed by atoms with Crippen LogP contribution in [0.1, 0.15) is 46.0 Å². The molecule has 0 heterocycles. The van der Waals surface area contributed by atoms with Crippen molar-refractivity contribution in [3.63, 3.8) is 0 Å². The third-order valence-electron chi connectivity index (χ3n) is 2.95. The largest absolute Gasteiger partial charge is 0.466 e. The highest BCUT2D eigenvalue weighted by Crippen LogP contribution is 2.29. The van der Waals surface area contributed by atoms with Gasteiger partial charge in [0.05, 0.1) is 19.1 Å². The van der Waals surface area contributed by atoms with Crippen molar-refractivity contribution in [1.29, 1.82) is 0 Å². The summed E-state index contributed by atoms with van der Waals surface area (Å²) in [6, 6.07) is 0. The van der Waals surface area contributed by atoms with Crippen LogP contribution in [0.25, 0.3) is 0 Å². The van der Waals surface area contributed by atoms with E-state index >= 15 is 0 Å². The third kappa shape index (κ3) is 4.20. The lowest BCUT2D eigenvalue weighted by molar-refractivity contribution is -0.146. The van der Waals surface area contributed by atoms with Gasteiger partial charge in [0.1, 0.15) is 0 Å². The predicted octanol–water partition coefficient (Wildman–Crippen LogP) is 2.53. The molecule has 0 bridgehead atoms. The summed E-state index contributed by atoms with van der Waals surface area (Å²) in [6.45, 7) is 5.07. The number of rotatable bonds is 5. The molecule has 0 aromatic rings. The lowest BCUT2D eigenvalue weighted by Crippen LogP contribution is -2.30. The van der Waals surface area contributed by atoms with Gasteiger partial charge in [0, 0.05) is 6.61 Å². The maximum Gasteiger partial charge on any atom is 0.306 e. The molecule has 3 nitrogen and oxygen atoms in total. The molecule has 0 aromatic carbocycles. The minimum Gasteiger partial charge on any atom is -0.466 e. The molecule has 0 aliphatic heterocycles. The summed E-state index contributed by atoms with van der Waals surface area (Å²) in [5.41, 5.74) is 0. The molecule has 1 fully saturated rings. The average Bonchev–Trinajstić information content (AvgIpc) is 2.21. The zero-order valence-electron chi connectivity index (χ0n) is 9.83. The second kappa shape index (κ2) is 6.83. The van der Waals surface area contributed by atoms with Gasteiger partial charge in [-0.25, -0.2) is 0 Å². The summed E-state index contributed by atoms with van der Waals surface area (Å²) in [7, 11) is 0. The highest BCUT2D eigenvalue weighted by Gasteiger charge is 2.27. The topological polar surface area (TPSA) is 35.5 Å². The zero-order chi connectivity index (χ0) is 11.1. The van der Waals surface area contributed by atoms with Crippen LogP contribution >= 0.6 is 0 Å². The molecule has 0 spiro atoms. The van der Waals surface area contributed by atoms with Crippen molar-refractivity contribution in [3.05, 3.63) is 0 Å². The molecule has 0 radical (unpaired) electrons. The Morgan fingerprint density at radius 2 is 1.93 bits per heavy atom. The van der Waals surface area contributed by atoms with Gasteiger partial charge in [-0.3, -0.25) is 4.79 Å². The van der Waals surface area contributed by atoms with Gasteiger partial charge in [-0.15, -0.1) is 0 Å². The summed E-state index contributed by atoms with van der Waals surface area (Å²) < 4.78 is 10.6. The summed E-state index contributed by atoms with van der Waals surface area (Å²) in [5.74, 6) is 0.298. The number of carbonyl (C=O) groups is 1. The van der Waals surface area contributed by atoms with Crippen LogP contribution in [0, 0.1) is 5.92 Å². The lowest BCUT2D eigenvalue weighted by atomic mass is 9.84. The van der Waals surface area contributed by atoms with E-state index in [9.17, 15) is 4.79 Å². The van der Waals surface area contributed by atoms with Crippen molar-refractivity contribution >= 4 is 5.97 Å². The van der Waals surface area contributed by atoms with E-state index < -0.39 is 0 Å². The van der Waals surface area contributed by atoms with Crippen molar-refractivity contribution < 1.29 is 14.3 Å². The molecule has 1 saturated carbocycles. The van der Waals surface area contributed by atoms with Crippen molar-refractivity contribution in [3.8, 4) is 0 Å². The fraction of sp³-hybridized carbons (Fsp3) is 0.917. The molecule has 1 aliphatic carbocycles. The average molecular weight is 214 g/mol. The summed E-state index contributed by atoms with van der Waals surface area (Å²) in [5, 5.41) is 0. The highest BCUT2D eigenvalue weighted by molar-refractivity contribution is 5.69. The highest BCUT2D eigenvalue weighted by atomic mass is 16.5. The van der Waals surface area contributed by atoms with Crippen LogP contribution in [0.15, 0.2) is 0 Å². The van der Waals surface area contributed by atoms with E-state index in [4.69, 9.17) is 9.47 Å². The van der Waals surface area contributed by atoms with Crippen molar-refractivity contribution in [2.75, 3.05) is 13.2 Å². The van der Waals surface area contributed by atoms with Gasteiger partial charge in [0.15, 0.2) is 0 Å². The van der Waals surface area contributed by atoms with E-state index in [-0.39, 0.29) is 12.1 Å². The Labute approximate surface area is 92.1 Å². The van der Waals surface area contributed by atoms with Crippen molar-refractivity contribution in [1.82, 2.24) is 0 Å². The minimum absolute atomic E-state index is 0.0749. The van der Waals surface area contributed by atoms with Crippen molar-refractivity contribution in [2.45, 2.75) is 52.1 Å². The summed E-state index contributed by atoms with van der Waals surface area (Å²) >= 11 is 0. The first-order valence-corrected chi connectivity index (χ1v) is 6.05. The van der Waals surface area contributed by atoms with Gasteiger partial charge in [0.2, 0.25) is 0 Å². The molecule has 15 heavy (non-hydrogen) atoms. The normalized spacial score (nSPS) is 26.3. The predicted molar refractivity (Wildman–Crippen MR) is 58.6 cm³/mol. The number of esters is 1. The standard InChI is InChI=1S/C12H22O3/c1-3-14-11-8-6-5-7-10(11)9-12(13)15-4-2/h10-11H,3-9H2,1-2H3/t10-,11+/m0/s1. The molecule has 0 N–H and O–H groups in total. The fourth-order valence-electron chi connectivity index (χ4n) is 2.27. The number of hydrogen-bond acceptors (Lipinski definition) is 3. The van der Waals surface area contributed by atoms with E-state index in [1.807, 2.05) is 13.8 Å². The second-order valence-corrected chi connectivity index (χ2v) is 4.05. The molecular weight excluding hydrogens is 192 g/mol. The van der Waals surface area contributed by atoms with Gasteiger partial charge in [-0.05, 0) is 32.6 Å². The van der Waals surface area contributed by atoms with Crippen LogP contribution in [0.5, 0.6) is 0 Å². The summed E-state index contributed by atoms with van der Waals surface area (Å²) in [6.07, 6.45) is 5.44. The monoisotopic (exact) mass is 214 g/mol. The molecule has 3 heteroatoms. The van der Waals surface area contributed by atoms with Crippen LogP contribution in [0.4, 0.5) is 0 Å². The first-order valence-electron chi connectivity index (χ1n) is 6.05. The first kappa shape index (κ1) is 12.5. The Morgan fingerprint density at radius 1 is 1.20 bits per heavy atom. The maximum atomic E-state index is 11.4. The van der Waals surface area contributed by atoms with Crippen LogP contribution < -0.4 is 0 Å². The quantitative estimate of drug-likeness (QED) is 0.660. The molecule has 1 aliphatic rings. The molecule has 2 atom stereocenters. The van der Waals surface area contributed by atoms with Gasteiger partial charge in [-0.2, -0.15) is 0 Å². The third-order valence-corrected chi connectivity index (χ3v) is 2.95. The minimum atomic E-state index is -0.0749. The van der Waals surface area contributed by atoms with E-state index in [0.29, 0.717) is 18.9 Å². The van der Waals surface area contributed by atoms with E-state index in [1.165, 1.54) is 12.8 Å². The molecule has 1 rings (SSSR count). The fourth-order valence-corrected chi connectivity index (χ4v) is 2.27. The Kier molecular flexibility index (Phi) is 5.69. The Morgan fingerprint density at radius 3 is 2.60 bits per heavy atom. The summed E-state index contributed by atoms with van der Waals surface area (Å²) in [4.78, 5) is 11.4. The Bertz CT molecular complexity index is 189. The van der Waals surface area contributed by atoms with Crippen LogP contribution in [0.2, 0.25) is 0 Å². The van der Waals surface area contributed by atoms with Gasteiger partial charge < -0.3 is 9.47 Å². The number of carbonyl (C=O) groups excluding carboxylic acids is 1. The Balaban J connectivity index is 2.38. The van der Waals surface area contributed by atoms with Crippen molar-refractivity contribution in [2.24, 2.45) is 5.92 Å². The molecule has 0 aromatic heterocycles. The lowest BCUT2D eigenvalue weighted by Gasteiger charge is -2.30. The van der Waals surface area contributed by atoms with Gasteiger partial charge in [-0.1, -0.05) is 12.8 Å². The van der Waals surface area contributed by atoms with Gasteiger partial charge in [0.25, 0.3) is 0 Å². The molecule has 0 amide bonds. The van der Waals surface area contributed by atoms with Gasteiger partial charge >= 0.3 is 5.97 Å². The maximum absolute atomic E-state index is 11.4. The Hall–Kier alpha value is -0.570. The molecule has 88 valence electrons. The first-order chi connectivity index (χ1) is 7.27. The molecular formula is C12H22O3. The zero-order valence-corrected chi connectivity index (χ0v) is 9.83. The van der Waals surface area contributed by atoms with E-state index in [2.05, 4.69) is 0 Å². The number of hydrogen-bond donors (Lipinski definition) is 0. The van der Waals surface area contributed by atoms with Crippen LogP contribution in [0.3, 0.4) is 0 Å².